The van der Waals surface area contributed by atoms with Gasteiger partial charge in [-0.05, 0) is 58.4 Å². The van der Waals surface area contributed by atoms with Crippen LogP contribution in [0.15, 0.2) is 70.4 Å². The summed E-state index contributed by atoms with van der Waals surface area (Å²) in [5.41, 5.74) is 2.67. The van der Waals surface area contributed by atoms with Crippen LogP contribution in [0.2, 0.25) is 5.02 Å². The zero-order valence-electron chi connectivity index (χ0n) is 13.4. The fourth-order valence-electron chi connectivity index (χ4n) is 2.27. The topological polar surface area (TPSA) is 74.6 Å². The van der Waals surface area contributed by atoms with Gasteiger partial charge in [0.15, 0.2) is 0 Å². The van der Waals surface area contributed by atoms with E-state index in [1.54, 1.807) is 48.8 Å². The molecule has 5 nitrogen and oxygen atoms in total. The molecule has 3 rings (SSSR count). The summed E-state index contributed by atoms with van der Waals surface area (Å²) in [6.07, 6.45) is 3.34. The third kappa shape index (κ3) is 4.28. The molecule has 2 N–H and O–H groups in total. The molecule has 0 aliphatic carbocycles. The van der Waals surface area contributed by atoms with Crippen molar-refractivity contribution in [1.82, 2.24) is 4.98 Å². The monoisotopic (exact) mass is 429 g/mol. The minimum absolute atomic E-state index is 0.174. The molecule has 0 saturated heterocycles. The number of aromatic nitrogens is 1. The molecule has 0 atom stereocenters. The molecule has 0 spiro atoms. The van der Waals surface area contributed by atoms with Gasteiger partial charge in [-0.3, -0.25) is 4.99 Å². The van der Waals surface area contributed by atoms with Gasteiger partial charge >= 0.3 is 5.97 Å². The number of anilines is 2. The Morgan fingerprint density at radius 3 is 2.73 bits per heavy atom. The zero-order valence-corrected chi connectivity index (χ0v) is 15.7. The van der Waals surface area contributed by atoms with E-state index in [9.17, 15) is 9.90 Å². The lowest BCUT2D eigenvalue weighted by Crippen LogP contribution is -2.02. The molecule has 0 amide bonds. The molecule has 0 saturated carbocycles. The average molecular weight is 431 g/mol. The smallest absolute Gasteiger partial charge is 0.337 e. The number of aliphatic imine (C=N–C) groups is 1. The second-order valence-electron chi connectivity index (χ2n) is 5.28. The van der Waals surface area contributed by atoms with Crippen LogP contribution in [0.4, 0.5) is 17.1 Å². The Hall–Kier alpha value is -2.70. The van der Waals surface area contributed by atoms with Gasteiger partial charge in [-0.15, -0.1) is 0 Å². The highest BCUT2D eigenvalue weighted by atomic mass is 79.9. The zero-order chi connectivity index (χ0) is 18.5. The van der Waals surface area contributed by atoms with Crippen molar-refractivity contribution < 1.29 is 9.90 Å². The van der Waals surface area contributed by atoms with Crippen LogP contribution < -0.4 is 5.32 Å². The summed E-state index contributed by atoms with van der Waals surface area (Å²) < 4.78 is 0.677. The summed E-state index contributed by atoms with van der Waals surface area (Å²) in [7, 11) is 0. The highest BCUT2D eigenvalue weighted by molar-refractivity contribution is 9.10. The van der Waals surface area contributed by atoms with Gasteiger partial charge in [0.05, 0.1) is 22.6 Å². The number of hydrogen-bond acceptors (Lipinski definition) is 4. The molecule has 0 radical (unpaired) electrons. The highest BCUT2D eigenvalue weighted by Gasteiger charge is 2.11. The van der Waals surface area contributed by atoms with E-state index >= 15 is 0 Å². The lowest BCUT2D eigenvalue weighted by molar-refractivity contribution is 0.0698. The number of para-hydroxylation sites is 1. The van der Waals surface area contributed by atoms with E-state index in [4.69, 9.17) is 11.6 Å². The Bertz CT molecular complexity index is 992. The van der Waals surface area contributed by atoms with Crippen LogP contribution >= 0.6 is 27.5 Å². The van der Waals surface area contributed by atoms with Crippen LogP contribution in [0.5, 0.6) is 0 Å². The molecule has 0 bridgehead atoms. The van der Waals surface area contributed by atoms with E-state index in [0.717, 1.165) is 5.56 Å². The van der Waals surface area contributed by atoms with Gasteiger partial charge in [-0.25, -0.2) is 9.78 Å². The predicted octanol–water partition coefficient (Wildman–Crippen LogP) is 5.69. The van der Waals surface area contributed by atoms with E-state index in [1.165, 1.54) is 6.07 Å². The predicted molar refractivity (Wildman–Crippen MR) is 107 cm³/mol. The van der Waals surface area contributed by atoms with Crippen LogP contribution in [0.25, 0.3) is 0 Å². The Labute approximate surface area is 163 Å². The molecule has 0 aliphatic rings. The number of rotatable bonds is 5. The highest BCUT2D eigenvalue weighted by Crippen LogP contribution is 2.32. The lowest BCUT2D eigenvalue weighted by Gasteiger charge is -2.12. The first kappa shape index (κ1) is 18.1. The van der Waals surface area contributed by atoms with Crippen molar-refractivity contribution in [2.24, 2.45) is 4.99 Å². The number of benzene rings is 2. The minimum Gasteiger partial charge on any atom is -0.478 e. The molecule has 3 aromatic rings. The number of pyridine rings is 1. The number of carbonyl (C=O) groups is 1. The van der Waals surface area contributed by atoms with E-state index < -0.39 is 5.97 Å². The molecular formula is C19H13BrClN3O2. The van der Waals surface area contributed by atoms with E-state index in [1.807, 2.05) is 12.1 Å². The summed E-state index contributed by atoms with van der Waals surface area (Å²) in [6.45, 7) is 0. The molecule has 130 valence electrons. The maximum atomic E-state index is 11.4. The Morgan fingerprint density at radius 1 is 1.15 bits per heavy atom. The standard InChI is InChI=1S/C19H13BrClN3O2/c20-18-12(4-3-9-22-18)11-23-17-10-13(21)7-8-16(17)24-15-6-2-1-5-14(15)19(25)26/h1-11,24H,(H,25,26)/b23-11+. The fourth-order valence-corrected chi connectivity index (χ4v) is 2.79. The van der Waals surface area contributed by atoms with Crippen molar-refractivity contribution in [1.29, 1.82) is 0 Å². The normalized spacial score (nSPS) is 10.8. The molecule has 0 unspecified atom stereocenters. The largest absolute Gasteiger partial charge is 0.478 e. The van der Waals surface area contributed by atoms with E-state index in [-0.39, 0.29) is 5.56 Å². The Kier molecular flexibility index (Phi) is 5.65. The van der Waals surface area contributed by atoms with Crippen molar-refractivity contribution in [2.45, 2.75) is 0 Å². The van der Waals surface area contributed by atoms with Gasteiger partial charge in [-0.1, -0.05) is 23.7 Å². The van der Waals surface area contributed by atoms with Gasteiger partial charge < -0.3 is 10.4 Å². The van der Waals surface area contributed by atoms with Gasteiger partial charge in [-0.2, -0.15) is 0 Å². The Balaban J connectivity index is 1.97. The lowest BCUT2D eigenvalue weighted by atomic mass is 10.1. The third-order valence-electron chi connectivity index (χ3n) is 3.52. The first-order valence-electron chi connectivity index (χ1n) is 7.58. The van der Waals surface area contributed by atoms with Gasteiger partial charge in [0, 0.05) is 23.0 Å². The van der Waals surface area contributed by atoms with Crippen molar-refractivity contribution in [3.63, 3.8) is 0 Å². The first-order chi connectivity index (χ1) is 12.5. The third-order valence-corrected chi connectivity index (χ3v) is 4.41. The van der Waals surface area contributed by atoms with Crippen LogP contribution in [0.1, 0.15) is 15.9 Å². The summed E-state index contributed by atoms with van der Waals surface area (Å²) >= 11 is 9.47. The molecule has 2 aromatic carbocycles. The maximum Gasteiger partial charge on any atom is 0.337 e. The van der Waals surface area contributed by atoms with Crippen LogP contribution in [-0.4, -0.2) is 22.3 Å². The second kappa shape index (κ2) is 8.12. The molecular weight excluding hydrogens is 418 g/mol. The Morgan fingerprint density at radius 2 is 1.96 bits per heavy atom. The van der Waals surface area contributed by atoms with Crippen molar-refractivity contribution >= 4 is 56.8 Å². The summed E-state index contributed by atoms with van der Waals surface area (Å²) in [5, 5.41) is 13.0. The van der Waals surface area contributed by atoms with Gasteiger partial charge in [0.2, 0.25) is 0 Å². The average Bonchev–Trinajstić information content (AvgIpc) is 2.63. The van der Waals surface area contributed by atoms with E-state index in [2.05, 4.69) is 31.2 Å². The molecule has 1 aromatic heterocycles. The molecule has 1 heterocycles. The number of nitrogens with zero attached hydrogens (tertiary/aromatic N) is 2. The first-order valence-corrected chi connectivity index (χ1v) is 8.75. The van der Waals surface area contributed by atoms with Gasteiger partial charge in [0.25, 0.3) is 0 Å². The van der Waals surface area contributed by atoms with Crippen molar-refractivity contribution in [2.75, 3.05) is 5.32 Å². The van der Waals surface area contributed by atoms with Crippen molar-refractivity contribution in [3.05, 3.63) is 81.5 Å². The van der Waals surface area contributed by atoms with Crippen LogP contribution in [0.3, 0.4) is 0 Å². The summed E-state index contributed by atoms with van der Waals surface area (Å²) in [4.78, 5) is 20.0. The van der Waals surface area contributed by atoms with Crippen molar-refractivity contribution in [3.8, 4) is 0 Å². The molecule has 0 aliphatic heterocycles. The number of carboxylic acid groups (broad SMARTS) is 1. The van der Waals surface area contributed by atoms with Crippen LogP contribution in [0, 0.1) is 0 Å². The summed E-state index contributed by atoms with van der Waals surface area (Å²) in [6, 6.07) is 15.5. The van der Waals surface area contributed by atoms with Crippen LogP contribution in [-0.2, 0) is 0 Å². The molecule has 7 heteroatoms. The molecule has 26 heavy (non-hydrogen) atoms. The number of aromatic carboxylic acids is 1. The summed E-state index contributed by atoms with van der Waals surface area (Å²) in [5.74, 6) is -1.01. The number of hydrogen-bond donors (Lipinski definition) is 2. The van der Waals surface area contributed by atoms with E-state index in [0.29, 0.717) is 26.7 Å². The fraction of sp³-hybridized carbons (Fsp3) is 0. The number of halogens is 2. The SMILES string of the molecule is O=C(O)c1ccccc1Nc1ccc(Cl)cc1/N=C/c1cccnc1Br. The number of nitrogens with one attached hydrogen (secondary N) is 1. The minimum atomic E-state index is -1.01. The second-order valence-corrected chi connectivity index (χ2v) is 6.47. The number of carboxylic acids is 1. The molecule has 0 fully saturated rings. The quantitative estimate of drug-likeness (QED) is 0.403. The van der Waals surface area contributed by atoms with Gasteiger partial charge in [0.1, 0.15) is 4.60 Å². The maximum absolute atomic E-state index is 11.4.